The van der Waals surface area contributed by atoms with Crippen LogP contribution in [0.15, 0.2) is 0 Å². The number of hydrogen-bond donors (Lipinski definition) is 1. The van der Waals surface area contributed by atoms with Crippen molar-refractivity contribution in [1.82, 2.24) is 5.32 Å². The lowest BCUT2D eigenvalue weighted by atomic mass is 9.77. The van der Waals surface area contributed by atoms with E-state index in [1.807, 2.05) is 0 Å². The van der Waals surface area contributed by atoms with Gasteiger partial charge in [-0.15, -0.1) is 0 Å². The highest BCUT2D eigenvalue weighted by atomic mass is 32.2. The average molecular weight is 285 g/mol. The Morgan fingerprint density at radius 1 is 1.42 bits per heavy atom. The van der Waals surface area contributed by atoms with Crippen molar-refractivity contribution in [3.8, 4) is 0 Å². The SMILES string of the molecule is CCCNC(C)CC(C)C1CCOC2(CCSC2)C1. The molecule has 0 saturated carbocycles. The van der Waals surface area contributed by atoms with Gasteiger partial charge in [-0.1, -0.05) is 13.8 Å². The van der Waals surface area contributed by atoms with Crippen LogP contribution in [0.4, 0.5) is 0 Å². The Kier molecular flexibility index (Phi) is 6.04. The summed E-state index contributed by atoms with van der Waals surface area (Å²) < 4.78 is 6.14. The summed E-state index contributed by atoms with van der Waals surface area (Å²) in [6.07, 6.45) is 6.41. The molecule has 0 bridgehead atoms. The maximum Gasteiger partial charge on any atom is 0.0783 e. The van der Waals surface area contributed by atoms with Crippen LogP contribution in [0.1, 0.15) is 52.9 Å². The van der Waals surface area contributed by atoms with E-state index in [-0.39, 0.29) is 5.60 Å². The minimum absolute atomic E-state index is 0.252. The van der Waals surface area contributed by atoms with Crippen LogP contribution in [0.2, 0.25) is 0 Å². The second kappa shape index (κ2) is 7.33. The second-order valence-corrected chi connectivity index (χ2v) is 7.76. The first-order chi connectivity index (χ1) is 9.15. The lowest BCUT2D eigenvalue weighted by Crippen LogP contribution is -2.42. The zero-order valence-corrected chi connectivity index (χ0v) is 13.7. The fourth-order valence-electron chi connectivity index (χ4n) is 3.64. The van der Waals surface area contributed by atoms with Gasteiger partial charge >= 0.3 is 0 Å². The summed E-state index contributed by atoms with van der Waals surface area (Å²) in [5.74, 6) is 4.24. The molecule has 1 N–H and O–H groups in total. The van der Waals surface area contributed by atoms with Crippen LogP contribution in [-0.4, -0.2) is 36.3 Å². The fraction of sp³-hybridized carbons (Fsp3) is 1.00. The normalized spacial score (nSPS) is 34.6. The Hall–Kier alpha value is 0.270. The fourth-order valence-corrected chi connectivity index (χ4v) is 5.02. The van der Waals surface area contributed by atoms with Crippen LogP contribution in [0, 0.1) is 11.8 Å². The molecule has 0 amide bonds. The molecule has 2 fully saturated rings. The van der Waals surface area contributed by atoms with Gasteiger partial charge in [0.25, 0.3) is 0 Å². The average Bonchev–Trinajstić information content (AvgIpc) is 2.84. The second-order valence-electron chi connectivity index (χ2n) is 6.66. The van der Waals surface area contributed by atoms with Crippen molar-refractivity contribution in [2.24, 2.45) is 11.8 Å². The first-order valence-corrected chi connectivity index (χ1v) is 9.26. The van der Waals surface area contributed by atoms with Crippen LogP contribution in [0.3, 0.4) is 0 Å². The van der Waals surface area contributed by atoms with Crippen molar-refractivity contribution in [1.29, 1.82) is 0 Å². The Balaban J connectivity index is 1.79. The highest BCUT2D eigenvalue weighted by molar-refractivity contribution is 7.99. The molecule has 0 aromatic carbocycles. The van der Waals surface area contributed by atoms with Gasteiger partial charge in [-0.05, 0) is 63.2 Å². The highest BCUT2D eigenvalue weighted by Crippen LogP contribution is 2.43. The molecular formula is C16H31NOS. The molecule has 0 aromatic rings. The molecule has 1 spiro atoms. The number of ether oxygens (including phenoxy) is 1. The van der Waals surface area contributed by atoms with E-state index in [0.717, 1.165) is 25.0 Å². The van der Waals surface area contributed by atoms with Gasteiger partial charge in [-0.3, -0.25) is 0 Å². The van der Waals surface area contributed by atoms with Gasteiger partial charge in [0.15, 0.2) is 0 Å². The molecule has 2 nitrogen and oxygen atoms in total. The van der Waals surface area contributed by atoms with Gasteiger partial charge < -0.3 is 10.1 Å². The molecule has 4 unspecified atom stereocenters. The maximum atomic E-state index is 6.14. The number of hydrogen-bond acceptors (Lipinski definition) is 3. The van der Waals surface area contributed by atoms with E-state index in [2.05, 4.69) is 37.8 Å². The third-order valence-electron chi connectivity index (χ3n) is 4.87. The van der Waals surface area contributed by atoms with E-state index in [9.17, 15) is 0 Å². The summed E-state index contributed by atoms with van der Waals surface area (Å²) in [6.45, 7) is 9.18. The molecule has 2 aliphatic rings. The topological polar surface area (TPSA) is 21.3 Å². The van der Waals surface area contributed by atoms with Crippen LogP contribution in [0.25, 0.3) is 0 Å². The van der Waals surface area contributed by atoms with Crippen molar-refractivity contribution < 1.29 is 4.74 Å². The van der Waals surface area contributed by atoms with Crippen molar-refractivity contribution in [3.63, 3.8) is 0 Å². The predicted octanol–water partition coefficient (Wildman–Crippen LogP) is 3.70. The molecule has 2 rings (SSSR count). The molecule has 0 aliphatic carbocycles. The highest BCUT2D eigenvalue weighted by Gasteiger charge is 2.41. The Bertz CT molecular complexity index is 265. The molecule has 112 valence electrons. The van der Waals surface area contributed by atoms with Crippen LogP contribution < -0.4 is 5.32 Å². The number of thioether (sulfide) groups is 1. The van der Waals surface area contributed by atoms with Gasteiger partial charge in [-0.2, -0.15) is 11.8 Å². The van der Waals surface area contributed by atoms with E-state index in [1.54, 1.807) is 0 Å². The van der Waals surface area contributed by atoms with Crippen LogP contribution >= 0.6 is 11.8 Å². The Labute approximate surface area is 123 Å². The third-order valence-corrected chi connectivity index (χ3v) is 6.09. The Morgan fingerprint density at radius 3 is 2.95 bits per heavy atom. The van der Waals surface area contributed by atoms with E-state index in [0.29, 0.717) is 6.04 Å². The lowest BCUT2D eigenvalue weighted by Gasteiger charge is -2.40. The summed E-state index contributed by atoms with van der Waals surface area (Å²) >= 11 is 2.08. The number of nitrogens with one attached hydrogen (secondary N) is 1. The van der Waals surface area contributed by atoms with E-state index >= 15 is 0 Å². The van der Waals surface area contributed by atoms with Crippen molar-refractivity contribution in [2.75, 3.05) is 24.7 Å². The summed E-state index contributed by atoms with van der Waals surface area (Å²) in [5.41, 5.74) is 0.252. The van der Waals surface area contributed by atoms with Crippen molar-refractivity contribution in [2.45, 2.75) is 64.5 Å². The molecule has 4 atom stereocenters. The quantitative estimate of drug-likeness (QED) is 0.804. The van der Waals surface area contributed by atoms with Crippen molar-refractivity contribution in [3.05, 3.63) is 0 Å². The summed E-state index contributed by atoms with van der Waals surface area (Å²) in [7, 11) is 0. The van der Waals surface area contributed by atoms with E-state index < -0.39 is 0 Å². The van der Waals surface area contributed by atoms with E-state index in [1.165, 1.54) is 43.6 Å². The van der Waals surface area contributed by atoms with Crippen LogP contribution in [0.5, 0.6) is 0 Å². The first-order valence-electron chi connectivity index (χ1n) is 8.10. The summed E-state index contributed by atoms with van der Waals surface area (Å²) in [4.78, 5) is 0. The summed E-state index contributed by atoms with van der Waals surface area (Å²) in [6, 6.07) is 0.659. The molecule has 2 heterocycles. The minimum Gasteiger partial charge on any atom is -0.374 e. The van der Waals surface area contributed by atoms with Gasteiger partial charge in [-0.25, -0.2) is 0 Å². The Morgan fingerprint density at radius 2 is 2.26 bits per heavy atom. The van der Waals surface area contributed by atoms with Gasteiger partial charge in [0.05, 0.1) is 5.60 Å². The number of rotatable bonds is 6. The monoisotopic (exact) mass is 285 g/mol. The smallest absolute Gasteiger partial charge is 0.0783 e. The standard InChI is InChI=1S/C16H31NOS/c1-4-7-17-14(3)10-13(2)15-5-8-18-16(11-15)6-9-19-12-16/h13-15,17H,4-12H2,1-3H3. The molecule has 0 radical (unpaired) electrons. The zero-order chi connectivity index (χ0) is 13.7. The van der Waals surface area contributed by atoms with Crippen molar-refractivity contribution >= 4 is 11.8 Å². The molecular weight excluding hydrogens is 254 g/mol. The predicted molar refractivity (Wildman–Crippen MR) is 84.9 cm³/mol. The van der Waals surface area contributed by atoms with Gasteiger partial charge in [0.1, 0.15) is 0 Å². The maximum absolute atomic E-state index is 6.14. The van der Waals surface area contributed by atoms with Gasteiger partial charge in [0.2, 0.25) is 0 Å². The first kappa shape index (κ1) is 15.7. The molecule has 2 aliphatic heterocycles. The molecule has 2 saturated heterocycles. The summed E-state index contributed by atoms with van der Waals surface area (Å²) in [5, 5.41) is 3.63. The zero-order valence-electron chi connectivity index (χ0n) is 12.9. The molecule has 0 aromatic heterocycles. The molecule has 19 heavy (non-hydrogen) atoms. The lowest BCUT2D eigenvalue weighted by molar-refractivity contribution is -0.0888. The molecule has 3 heteroatoms. The minimum atomic E-state index is 0.252. The largest absolute Gasteiger partial charge is 0.374 e. The van der Waals surface area contributed by atoms with E-state index in [4.69, 9.17) is 4.74 Å². The third kappa shape index (κ3) is 4.37. The van der Waals surface area contributed by atoms with Gasteiger partial charge in [0, 0.05) is 18.4 Å². The van der Waals surface area contributed by atoms with Crippen LogP contribution in [-0.2, 0) is 4.74 Å².